The molecule has 23 heavy (non-hydrogen) atoms. The summed E-state index contributed by atoms with van der Waals surface area (Å²) in [4.78, 5) is 12.3. The Morgan fingerprint density at radius 3 is 2.91 bits per heavy atom. The van der Waals surface area contributed by atoms with Crippen molar-refractivity contribution in [3.63, 3.8) is 0 Å². The molecule has 1 aliphatic heterocycles. The molecule has 124 valence electrons. The number of carbonyl (C=O) groups excluding carboxylic acids is 1. The van der Waals surface area contributed by atoms with Gasteiger partial charge < -0.3 is 19.8 Å². The molecule has 0 atom stereocenters. The smallest absolute Gasteiger partial charge is 0.224 e. The number of hydrogen-bond acceptors (Lipinski definition) is 4. The van der Waals surface area contributed by atoms with Crippen molar-refractivity contribution in [2.24, 2.45) is 5.41 Å². The van der Waals surface area contributed by atoms with Crippen molar-refractivity contribution in [1.29, 1.82) is 0 Å². The Balaban J connectivity index is 1.61. The fourth-order valence-electron chi connectivity index (χ4n) is 3.08. The molecule has 0 radical (unpaired) electrons. The Labute approximate surface area is 136 Å². The molecule has 1 aliphatic rings. The lowest BCUT2D eigenvalue weighted by Crippen LogP contribution is -2.43. The molecule has 0 unspecified atom stereocenters. The summed E-state index contributed by atoms with van der Waals surface area (Å²) < 4.78 is 10.7. The molecule has 3 rings (SSSR count). The minimum atomic E-state index is 0.0447. The maximum Gasteiger partial charge on any atom is 0.224 e. The monoisotopic (exact) mass is 316 g/mol. The quantitative estimate of drug-likeness (QED) is 0.889. The van der Waals surface area contributed by atoms with Crippen LogP contribution in [-0.2, 0) is 11.2 Å². The maximum atomic E-state index is 12.3. The fraction of sp³-hybridized carbons (Fsp3) is 0.500. The minimum absolute atomic E-state index is 0.0447. The van der Waals surface area contributed by atoms with E-state index >= 15 is 0 Å². The van der Waals surface area contributed by atoms with E-state index in [1.54, 1.807) is 13.4 Å². The number of benzene rings is 1. The van der Waals surface area contributed by atoms with E-state index in [0.717, 1.165) is 54.8 Å². The highest BCUT2D eigenvalue weighted by Gasteiger charge is 2.27. The summed E-state index contributed by atoms with van der Waals surface area (Å²) in [6.45, 7) is 5.03. The second kappa shape index (κ2) is 6.62. The van der Waals surface area contributed by atoms with Crippen molar-refractivity contribution in [2.45, 2.75) is 26.2 Å². The van der Waals surface area contributed by atoms with Crippen LogP contribution in [0.25, 0.3) is 11.0 Å². The van der Waals surface area contributed by atoms with Crippen LogP contribution in [0, 0.1) is 5.41 Å². The third-order valence-corrected chi connectivity index (χ3v) is 4.74. The number of nitrogens with one attached hydrogen (secondary N) is 2. The van der Waals surface area contributed by atoms with Gasteiger partial charge in [-0.15, -0.1) is 0 Å². The van der Waals surface area contributed by atoms with Gasteiger partial charge in [0.1, 0.15) is 11.3 Å². The number of methoxy groups -OCH3 is 1. The molecular formula is C18H24N2O3. The molecule has 0 saturated carbocycles. The first-order valence-corrected chi connectivity index (χ1v) is 8.11. The van der Waals surface area contributed by atoms with Crippen LogP contribution in [0.2, 0.25) is 0 Å². The van der Waals surface area contributed by atoms with Gasteiger partial charge in [0.05, 0.1) is 19.8 Å². The molecule has 1 amide bonds. The number of fused-ring (bicyclic) bond motifs is 1. The zero-order chi connectivity index (χ0) is 16.3. The van der Waals surface area contributed by atoms with Gasteiger partial charge in [-0.05, 0) is 43.5 Å². The van der Waals surface area contributed by atoms with Gasteiger partial charge in [-0.3, -0.25) is 4.79 Å². The van der Waals surface area contributed by atoms with Crippen molar-refractivity contribution in [1.82, 2.24) is 10.6 Å². The van der Waals surface area contributed by atoms with Gasteiger partial charge in [0, 0.05) is 23.6 Å². The van der Waals surface area contributed by atoms with E-state index in [1.165, 1.54) is 0 Å². The summed E-state index contributed by atoms with van der Waals surface area (Å²) >= 11 is 0. The zero-order valence-corrected chi connectivity index (χ0v) is 13.8. The highest BCUT2D eigenvalue weighted by Crippen LogP contribution is 2.27. The first-order chi connectivity index (χ1) is 11.1. The standard InChI is InChI=1S/C18H24N2O3/c1-18(5-7-19-8-6-18)12-20-17(21)9-13-11-23-16-10-14(22-2)3-4-15(13)16/h3-4,10-11,19H,5-9,12H2,1-2H3,(H,20,21). The van der Waals surface area contributed by atoms with Gasteiger partial charge >= 0.3 is 0 Å². The largest absolute Gasteiger partial charge is 0.497 e. The number of carbonyl (C=O) groups is 1. The first kappa shape index (κ1) is 15.9. The Morgan fingerprint density at radius 1 is 1.39 bits per heavy atom. The van der Waals surface area contributed by atoms with Crippen LogP contribution >= 0.6 is 0 Å². The van der Waals surface area contributed by atoms with Gasteiger partial charge in [-0.1, -0.05) is 6.92 Å². The van der Waals surface area contributed by atoms with E-state index in [4.69, 9.17) is 9.15 Å². The Hall–Kier alpha value is -2.01. The number of furan rings is 1. The van der Waals surface area contributed by atoms with Crippen molar-refractivity contribution < 1.29 is 13.9 Å². The van der Waals surface area contributed by atoms with Gasteiger partial charge in [-0.25, -0.2) is 0 Å². The molecule has 1 fully saturated rings. The van der Waals surface area contributed by atoms with Gasteiger partial charge in [0.15, 0.2) is 0 Å². The lowest BCUT2D eigenvalue weighted by molar-refractivity contribution is -0.121. The normalized spacial score (nSPS) is 17.1. The summed E-state index contributed by atoms with van der Waals surface area (Å²) in [5, 5.41) is 7.41. The minimum Gasteiger partial charge on any atom is -0.497 e. The number of piperidine rings is 1. The Morgan fingerprint density at radius 2 is 2.17 bits per heavy atom. The van der Waals surface area contributed by atoms with Crippen molar-refractivity contribution in [3.8, 4) is 5.75 Å². The first-order valence-electron chi connectivity index (χ1n) is 8.11. The van der Waals surface area contributed by atoms with Crippen molar-refractivity contribution in [3.05, 3.63) is 30.0 Å². The van der Waals surface area contributed by atoms with Crippen LogP contribution in [0.1, 0.15) is 25.3 Å². The topological polar surface area (TPSA) is 63.5 Å². The molecule has 0 bridgehead atoms. The van der Waals surface area contributed by atoms with Crippen LogP contribution in [0.15, 0.2) is 28.9 Å². The maximum absolute atomic E-state index is 12.3. The van der Waals surface area contributed by atoms with Crippen LogP contribution in [0.5, 0.6) is 5.75 Å². The van der Waals surface area contributed by atoms with Gasteiger partial charge in [0.25, 0.3) is 0 Å². The molecule has 2 N–H and O–H groups in total. The molecule has 0 aliphatic carbocycles. The fourth-order valence-corrected chi connectivity index (χ4v) is 3.08. The average Bonchev–Trinajstić information content (AvgIpc) is 2.96. The summed E-state index contributed by atoms with van der Waals surface area (Å²) in [7, 11) is 1.62. The summed E-state index contributed by atoms with van der Waals surface area (Å²) in [5.74, 6) is 0.796. The van der Waals surface area contributed by atoms with Gasteiger partial charge in [-0.2, -0.15) is 0 Å². The van der Waals surface area contributed by atoms with E-state index in [-0.39, 0.29) is 11.3 Å². The Bertz CT molecular complexity index is 687. The van der Waals surface area contributed by atoms with E-state index in [0.29, 0.717) is 6.42 Å². The predicted octanol–water partition coefficient (Wildman–Crippen LogP) is 2.49. The molecule has 2 aromatic rings. The van der Waals surface area contributed by atoms with E-state index in [1.807, 2.05) is 18.2 Å². The van der Waals surface area contributed by atoms with Gasteiger partial charge in [0.2, 0.25) is 5.91 Å². The summed E-state index contributed by atoms with van der Waals surface area (Å²) in [5.41, 5.74) is 1.86. The lowest BCUT2D eigenvalue weighted by Gasteiger charge is -2.34. The number of amides is 1. The zero-order valence-electron chi connectivity index (χ0n) is 13.8. The molecule has 1 aromatic heterocycles. The van der Waals surface area contributed by atoms with Crippen molar-refractivity contribution in [2.75, 3.05) is 26.7 Å². The third-order valence-electron chi connectivity index (χ3n) is 4.74. The molecule has 1 saturated heterocycles. The third kappa shape index (κ3) is 3.67. The highest BCUT2D eigenvalue weighted by atomic mass is 16.5. The average molecular weight is 316 g/mol. The SMILES string of the molecule is COc1ccc2c(CC(=O)NCC3(C)CCNCC3)coc2c1. The molecule has 2 heterocycles. The number of rotatable bonds is 5. The Kier molecular flexibility index (Phi) is 4.57. The molecule has 0 spiro atoms. The van der Waals surface area contributed by atoms with E-state index < -0.39 is 0 Å². The second-order valence-electron chi connectivity index (χ2n) is 6.64. The van der Waals surface area contributed by atoms with Crippen LogP contribution in [0.3, 0.4) is 0 Å². The molecular weight excluding hydrogens is 292 g/mol. The van der Waals surface area contributed by atoms with E-state index in [2.05, 4.69) is 17.6 Å². The molecule has 5 nitrogen and oxygen atoms in total. The van der Waals surface area contributed by atoms with Crippen LogP contribution in [-0.4, -0.2) is 32.7 Å². The van der Waals surface area contributed by atoms with Crippen LogP contribution in [0.4, 0.5) is 0 Å². The number of ether oxygens (including phenoxy) is 1. The van der Waals surface area contributed by atoms with Crippen molar-refractivity contribution >= 4 is 16.9 Å². The van der Waals surface area contributed by atoms with E-state index in [9.17, 15) is 4.79 Å². The summed E-state index contributed by atoms with van der Waals surface area (Å²) in [6.07, 6.45) is 4.20. The number of hydrogen-bond donors (Lipinski definition) is 2. The summed E-state index contributed by atoms with van der Waals surface area (Å²) in [6, 6.07) is 5.66. The van der Waals surface area contributed by atoms with Crippen LogP contribution < -0.4 is 15.4 Å². The second-order valence-corrected chi connectivity index (χ2v) is 6.64. The molecule has 1 aromatic carbocycles. The highest BCUT2D eigenvalue weighted by molar-refractivity contribution is 5.88. The predicted molar refractivity (Wildman–Crippen MR) is 89.7 cm³/mol. The lowest BCUT2D eigenvalue weighted by atomic mass is 9.81. The molecule has 5 heteroatoms.